The Balaban J connectivity index is 2.01. The molecule has 0 unspecified atom stereocenters. The molecule has 4 nitrogen and oxygen atoms in total. The van der Waals surface area contributed by atoms with Gasteiger partial charge in [-0.15, -0.1) is 0 Å². The lowest BCUT2D eigenvalue weighted by Crippen LogP contribution is -2.11. The minimum Gasteiger partial charge on any atom is -0.465 e. The molecule has 2 rings (SSSR count). The van der Waals surface area contributed by atoms with E-state index in [0.717, 1.165) is 0 Å². The van der Waals surface area contributed by atoms with Crippen molar-refractivity contribution >= 4 is 35.1 Å². The van der Waals surface area contributed by atoms with Gasteiger partial charge in [-0.25, -0.2) is 4.79 Å². The van der Waals surface area contributed by atoms with E-state index in [1.807, 2.05) is 0 Å². The van der Waals surface area contributed by atoms with Crippen molar-refractivity contribution in [1.82, 2.24) is 0 Å². The summed E-state index contributed by atoms with van der Waals surface area (Å²) in [6.45, 7) is 0. The summed E-state index contributed by atoms with van der Waals surface area (Å²) in [5.74, 6) is -0.580. The third-order valence-corrected chi connectivity index (χ3v) is 3.44. The summed E-state index contributed by atoms with van der Waals surface area (Å²) in [5.41, 5.74) is 1.00. The maximum absolute atomic E-state index is 11.9. The SMILES string of the molecule is COC(=O)c1ccc(OC(=O)Cc2ccc(Cl)cc2Cl)cc1. The van der Waals surface area contributed by atoms with E-state index in [2.05, 4.69) is 4.74 Å². The van der Waals surface area contributed by atoms with Gasteiger partial charge < -0.3 is 9.47 Å². The first kappa shape index (κ1) is 16.3. The number of methoxy groups -OCH3 is 1. The lowest BCUT2D eigenvalue weighted by molar-refractivity contribution is -0.133. The normalized spacial score (nSPS) is 10.1. The number of esters is 2. The fourth-order valence-corrected chi connectivity index (χ4v) is 2.24. The van der Waals surface area contributed by atoms with E-state index in [-0.39, 0.29) is 6.42 Å². The quantitative estimate of drug-likeness (QED) is 0.626. The van der Waals surface area contributed by atoms with Crippen LogP contribution in [0.15, 0.2) is 42.5 Å². The molecule has 6 heteroatoms. The summed E-state index contributed by atoms with van der Waals surface area (Å²) in [6, 6.07) is 11.0. The molecule has 0 radical (unpaired) electrons. The zero-order chi connectivity index (χ0) is 16.1. The number of halogens is 2. The number of hydrogen-bond acceptors (Lipinski definition) is 4. The molecule has 0 fully saturated rings. The minimum absolute atomic E-state index is 0.0226. The Morgan fingerprint density at radius 1 is 1.05 bits per heavy atom. The van der Waals surface area contributed by atoms with E-state index in [1.165, 1.54) is 31.4 Å². The van der Waals surface area contributed by atoms with Crippen LogP contribution in [-0.2, 0) is 16.0 Å². The summed E-state index contributed by atoms with van der Waals surface area (Å²) in [4.78, 5) is 23.2. The molecule has 22 heavy (non-hydrogen) atoms. The maximum atomic E-state index is 11.9. The van der Waals surface area contributed by atoms with Crippen molar-refractivity contribution in [2.45, 2.75) is 6.42 Å². The van der Waals surface area contributed by atoms with Crippen LogP contribution in [0.5, 0.6) is 5.75 Å². The van der Waals surface area contributed by atoms with Gasteiger partial charge in [0.05, 0.1) is 19.1 Å². The van der Waals surface area contributed by atoms with Crippen molar-refractivity contribution in [3.05, 3.63) is 63.6 Å². The molecule has 0 amide bonds. The molecule has 0 atom stereocenters. The zero-order valence-electron chi connectivity index (χ0n) is 11.6. The molecule has 0 aromatic heterocycles. The Bertz CT molecular complexity index is 696. The van der Waals surface area contributed by atoms with Gasteiger partial charge >= 0.3 is 11.9 Å². The first-order valence-electron chi connectivity index (χ1n) is 6.32. The first-order valence-corrected chi connectivity index (χ1v) is 7.08. The highest BCUT2D eigenvalue weighted by Crippen LogP contribution is 2.22. The van der Waals surface area contributed by atoms with Gasteiger partial charge in [-0.05, 0) is 42.0 Å². The summed E-state index contributed by atoms with van der Waals surface area (Å²) in [5, 5.41) is 0.908. The van der Waals surface area contributed by atoms with Gasteiger partial charge in [-0.3, -0.25) is 4.79 Å². The average Bonchev–Trinajstić information content (AvgIpc) is 2.50. The summed E-state index contributed by atoms with van der Waals surface area (Å²) < 4.78 is 9.78. The maximum Gasteiger partial charge on any atom is 0.337 e. The second-order valence-electron chi connectivity index (χ2n) is 4.40. The summed E-state index contributed by atoms with van der Waals surface area (Å²) in [7, 11) is 1.30. The Kier molecular flexibility index (Phi) is 5.41. The zero-order valence-corrected chi connectivity index (χ0v) is 13.1. The van der Waals surface area contributed by atoms with Crippen LogP contribution >= 0.6 is 23.2 Å². The molecule has 0 aliphatic rings. The molecule has 0 aliphatic heterocycles. The van der Waals surface area contributed by atoms with Crippen LogP contribution in [0.25, 0.3) is 0 Å². The predicted octanol–water partition coefficient (Wildman–Crippen LogP) is 3.93. The third kappa shape index (κ3) is 4.23. The molecule has 0 saturated carbocycles. The number of benzene rings is 2. The molecule has 0 aliphatic carbocycles. The predicted molar refractivity (Wildman–Crippen MR) is 83.6 cm³/mol. The molecule has 0 N–H and O–H groups in total. The van der Waals surface area contributed by atoms with Crippen molar-refractivity contribution in [3.8, 4) is 5.75 Å². The highest BCUT2D eigenvalue weighted by atomic mass is 35.5. The van der Waals surface area contributed by atoms with Crippen LogP contribution in [0.1, 0.15) is 15.9 Å². The van der Waals surface area contributed by atoms with E-state index in [1.54, 1.807) is 18.2 Å². The summed E-state index contributed by atoms with van der Waals surface area (Å²) in [6.07, 6.45) is 0.0226. The van der Waals surface area contributed by atoms with Crippen LogP contribution < -0.4 is 4.74 Å². The number of ether oxygens (including phenoxy) is 2. The van der Waals surface area contributed by atoms with Gasteiger partial charge in [0.2, 0.25) is 0 Å². The molecule has 0 heterocycles. The molecule has 0 saturated heterocycles. The average molecular weight is 339 g/mol. The molecule has 2 aromatic rings. The Morgan fingerprint density at radius 3 is 2.32 bits per heavy atom. The van der Waals surface area contributed by atoms with Crippen LogP contribution in [0.3, 0.4) is 0 Å². The van der Waals surface area contributed by atoms with Crippen LogP contribution in [-0.4, -0.2) is 19.0 Å². The van der Waals surface area contributed by atoms with Crippen molar-refractivity contribution in [1.29, 1.82) is 0 Å². The van der Waals surface area contributed by atoms with Crippen molar-refractivity contribution in [2.75, 3.05) is 7.11 Å². The van der Waals surface area contributed by atoms with Gasteiger partial charge in [0.1, 0.15) is 5.75 Å². The Labute approximate surface area is 137 Å². The Morgan fingerprint density at radius 2 is 1.73 bits per heavy atom. The van der Waals surface area contributed by atoms with E-state index in [4.69, 9.17) is 27.9 Å². The molecule has 114 valence electrons. The van der Waals surface area contributed by atoms with E-state index in [9.17, 15) is 9.59 Å². The molecule has 0 spiro atoms. The lowest BCUT2D eigenvalue weighted by atomic mass is 10.1. The largest absolute Gasteiger partial charge is 0.465 e. The molecular formula is C16H12Cl2O4. The van der Waals surface area contributed by atoms with E-state index < -0.39 is 11.9 Å². The third-order valence-electron chi connectivity index (χ3n) is 2.86. The first-order chi connectivity index (χ1) is 10.5. The molecular weight excluding hydrogens is 327 g/mol. The number of hydrogen-bond donors (Lipinski definition) is 0. The van der Waals surface area contributed by atoms with Crippen LogP contribution in [0.2, 0.25) is 10.0 Å². The monoisotopic (exact) mass is 338 g/mol. The number of carbonyl (C=O) groups is 2. The van der Waals surface area contributed by atoms with E-state index in [0.29, 0.717) is 26.9 Å². The molecule has 0 bridgehead atoms. The van der Waals surface area contributed by atoms with Crippen LogP contribution in [0, 0.1) is 0 Å². The second kappa shape index (κ2) is 7.29. The van der Waals surface area contributed by atoms with Gasteiger partial charge in [-0.1, -0.05) is 29.3 Å². The van der Waals surface area contributed by atoms with E-state index >= 15 is 0 Å². The van der Waals surface area contributed by atoms with Gasteiger partial charge in [0.25, 0.3) is 0 Å². The van der Waals surface area contributed by atoms with Gasteiger partial charge in [0, 0.05) is 10.0 Å². The minimum atomic E-state index is -0.463. The number of rotatable bonds is 4. The lowest BCUT2D eigenvalue weighted by Gasteiger charge is -2.07. The highest BCUT2D eigenvalue weighted by molar-refractivity contribution is 6.35. The molecule has 2 aromatic carbocycles. The second-order valence-corrected chi connectivity index (χ2v) is 5.25. The van der Waals surface area contributed by atoms with Crippen LogP contribution in [0.4, 0.5) is 0 Å². The fourth-order valence-electron chi connectivity index (χ4n) is 1.76. The number of carbonyl (C=O) groups excluding carboxylic acids is 2. The standard InChI is InChI=1S/C16H12Cl2O4/c1-21-16(20)10-3-6-13(7-4-10)22-15(19)8-11-2-5-12(17)9-14(11)18/h2-7,9H,8H2,1H3. The van der Waals surface area contributed by atoms with Crippen molar-refractivity contribution < 1.29 is 19.1 Å². The Hall–Kier alpha value is -2.04. The topological polar surface area (TPSA) is 52.6 Å². The smallest absolute Gasteiger partial charge is 0.337 e. The van der Waals surface area contributed by atoms with Crippen molar-refractivity contribution in [2.24, 2.45) is 0 Å². The van der Waals surface area contributed by atoms with Gasteiger partial charge in [0.15, 0.2) is 0 Å². The summed E-state index contributed by atoms with van der Waals surface area (Å²) >= 11 is 11.8. The fraction of sp³-hybridized carbons (Fsp3) is 0.125. The van der Waals surface area contributed by atoms with Gasteiger partial charge in [-0.2, -0.15) is 0 Å². The highest BCUT2D eigenvalue weighted by Gasteiger charge is 2.11. The van der Waals surface area contributed by atoms with Crippen molar-refractivity contribution in [3.63, 3.8) is 0 Å².